The predicted octanol–water partition coefficient (Wildman–Crippen LogP) is 5.15. The lowest BCUT2D eigenvalue weighted by atomic mass is 10.2. The van der Waals surface area contributed by atoms with Crippen molar-refractivity contribution in [3.05, 3.63) is 34.8 Å². The van der Waals surface area contributed by atoms with Crippen LogP contribution in [0.5, 0.6) is 5.75 Å². The first-order valence-electron chi connectivity index (χ1n) is 10.7. The van der Waals surface area contributed by atoms with E-state index in [1.807, 2.05) is 38.1 Å². The number of ether oxygens (including phenoxy) is 1. The number of nitrogens with one attached hydrogen (secondary N) is 1. The number of rotatable bonds is 8. The van der Waals surface area contributed by atoms with E-state index in [2.05, 4.69) is 29.2 Å². The Hall–Kier alpha value is -1.92. The minimum absolute atomic E-state index is 0.0247. The molecule has 0 atom stereocenters. The van der Waals surface area contributed by atoms with Gasteiger partial charge in [-0.05, 0) is 65.4 Å². The fourth-order valence-electron chi connectivity index (χ4n) is 3.15. The molecule has 160 valence electrons. The van der Waals surface area contributed by atoms with Gasteiger partial charge in [-0.1, -0.05) is 31.9 Å². The number of likely N-dealkylation sites (tertiary alicyclic amines) is 1. The number of amides is 1. The molecule has 2 heterocycles. The van der Waals surface area contributed by atoms with Crippen LogP contribution in [0.1, 0.15) is 61.3 Å². The number of thiazole rings is 1. The van der Waals surface area contributed by atoms with E-state index in [4.69, 9.17) is 4.74 Å². The second-order valence-electron chi connectivity index (χ2n) is 7.37. The van der Waals surface area contributed by atoms with Gasteiger partial charge in [0, 0.05) is 12.1 Å². The van der Waals surface area contributed by atoms with Crippen LogP contribution in [0.25, 0.3) is 10.6 Å². The fourth-order valence-corrected chi connectivity index (χ4v) is 4.13. The number of aromatic nitrogens is 1. The molecule has 0 bridgehead atoms. The van der Waals surface area contributed by atoms with Gasteiger partial charge in [-0.25, -0.2) is 4.98 Å². The topological polar surface area (TPSA) is 54.5 Å². The van der Waals surface area contributed by atoms with Crippen molar-refractivity contribution >= 4 is 17.2 Å². The summed E-state index contributed by atoms with van der Waals surface area (Å²) >= 11 is 1.43. The Labute approximate surface area is 179 Å². The van der Waals surface area contributed by atoms with Crippen molar-refractivity contribution in [1.82, 2.24) is 15.2 Å². The first-order valence-corrected chi connectivity index (χ1v) is 11.5. The summed E-state index contributed by atoms with van der Waals surface area (Å²) in [6, 6.07) is 7.82. The molecule has 0 unspecified atom stereocenters. The molecule has 1 aromatic carbocycles. The van der Waals surface area contributed by atoms with Crippen LogP contribution in [0, 0.1) is 6.92 Å². The van der Waals surface area contributed by atoms with E-state index in [9.17, 15) is 4.79 Å². The largest absolute Gasteiger partial charge is 0.494 e. The molecule has 0 spiro atoms. The zero-order chi connectivity index (χ0) is 21.1. The zero-order valence-corrected chi connectivity index (χ0v) is 19.1. The van der Waals surface area contributed by atoms with Gasteiger partial charge in [0.15, 0.2) is 0 Å². The fraction of sp³-hybridized carbons (Fsp3) is 0.565. The van der Waals surface area contributed by atoms with Crippen LogP contribution in [0.3, 0.4) is 0 Å². The van der Waals surface area contributed by atoms with E-state index in [0.29, 0.717) is 11.5 Å². The summed E-state index contributed by atoms with van der Waals surface area (Å²) < 4.78 is 5.53. The lowest BCUT2D eigenvalue weighted by Crippen LogP contribution is -2.24. The van der Waals surface area contributed by atoms with Crippen LogP contribution >= 0.6 is 11.3 Å². The lowest BCUT2D eigenvalue weighted by molar-refractivity contribution is 0.0956. The molecule has 0 saturated carbocycles. The number of aryl methyl sites for hydroxylation is 1. The molecule has 1 amide bonds. The van der Waals surface area contributed by atoms with Gasteiger partial charge >= 0.3 is 0 Å². The number of carbonyl (C=O) groups excluding carboxylic acids is 1. The van der Waals surface area contributed by atoms with Gasteiger partial charge in [0.25, 0.3) is 5.91 Å². The van der Waals surface area contributed by atoms with Crippen molar-refractivity contribution < 1.29 is 9.53 Å². The Bertz CT molecular complexity index is 754. The molecule has 0 radical (unpaired) electrons. The molecule has 1 aromatic heterocycles. The molecule has 29 heavy (non-hydrogen) atoms. The first kappa shape index (κ1) is 23.4. The molecule has 1 N–H and O–H groups in total. The highest BCUT2D eigenvalue weighted by molar-refractivity contribution is 7.17. The maximum absolute atomic E-state index is 12.3. The Kier molecular flexibility index (Phi) is 10.2. The maximum Gasteiger partial charge on any atom is 0.263 e. The number of unbranched alkanes of at least 4 members (excludes halogenated alkanes) is 2. The van der Waals surface area contributed by atoms with Crippen LogP contribution in [0.2, 0.25) is 0 Å². The van der Waals surface area contributed by atoms with Crippen LogP contribution in [-0.4, -0.2) is 49.1 Å². The summed E-state index contributed by atoms with van der Waals surface area (Å²) in [7, 11) is 2.17. The van der Waals surface area contributed by atoms with Crippen molar-refractivity contribution in [1.29, 1.82) is 0 Å². The molecule has 0 aliphatic carbocycles. The maximum atomic E-state index is 12.3. The second kappa shape index (κ2) is 12.6. The highest BCUT2D eigenvalue weighted by atomic mass is 32.1. The molecule has 1 saturated heterocycles. The summed E-state index contributed by atoms with van der Waals surface area (Å²) in [4.78, 5) is 19.9. The predicted molar refractivity (Wildman–Crippen MR) is 122 cm³/mol. The normalized spacial score (nSPS) is 13.7. The van der Waals surface area contributed by atoms with E-state index in [-0.39, 0.29) is 5.91 Å². The van der Waals surface area contributed by atoms with Gasteiger partial charge in [-0.2, -0.15) is 0 Å². The number of hydrogen-bond donors (Lipinski definition) is 1. The van der Waals surface area contributed by atoms with E-state index < -0.39 is 0 Å². The number of benzene rings is 1. The van der Waals surface area contributed by atoms with Gasteiger partial charge in [-0.3, -0.25) is 4.79 Å². The highest BCUT2D eigenvalue weighted by Crippen LogP contribution is 2.30. The van der Waals surface area contributed by atoms with Crippen LogP contribution in [-0.2, 0) is 0 Å². The quantitative estimate of drug-likeness (QED) is 0.604. The minimum Gasteiger partial charge on any atom is -0.494 e. The minimum atomic E-state index is -0.0247. The van der Waals surface area contributed by atoms with Gasteiger partial charge in [0.05, 0.1) is 12.3 Å². The summed E-state index contributed by atoms with van der Waals surface area (Å²) in [5.74, 6) is 0.798. The SMILES string of the molecule is CCCCCNC(=O)c1sc(-c2cccc(OCC)c2)nc1C.CN1CCCC1. The van der Waals surface area contributed by atoms with E-state index >= 15 is 0 Å². The molecular formula is C23H35N3O2S. The van der Waals surface area contributed by atoms with Crippen LogP contribution in [0.15, 0.2) is 24.3 Å². The second-order valence-corrected chi connectivity index (χ2v) is 8.37. The Morgan fingerprint density at radius 3 is 2.62 bits per heavy atom. The Morgan fingerprint density at radius 2 is 2.00 bits per heavy atom. The molecule has 5 nitrogen and oxygen atoms in total. The average Bonchev–Trinajstić information content (AvgIpc) is 3.35. The monoisotopic (exact) mass is 417 g/mol. The molecule has 1 aliphatic heterocycles. The lowest BCUT2D eigenvalue weighted by Gasteiger charge is -2.04. The van der Waals surface area contributed by atoms with Crippen LogP contribution in [0.4, 0.5) is 0 Å². The van der Waals surface area contributed by atoms with Crippen molar-refractivity contribution in [2.24, 2.45) is 0 Å². The molecule has 3 rings (SSSR count). The van der Waals surface area contributed by atoms with Gasteiger partial charge in [0.1, 0.15) is 15.6 Å². The Balaban J connectivity index is 0.000000426. The zero-order valence-electron chi connectivity index (χ0n) is 18.3. The number of carbonyl (C=O) groups is 1. The van der Waals surface area contributed by atoms with Crippen molar-refractivity contribution in [2.45, 2.75) is 52.9 Å². The summed E-state index contributed by atoms with van der Waals surface area (Å²) in [6.45, 7) is 9.98. The van der Waals surface area contributed by atoms with Crippen LogP contribution < -0.4 is 10.1 Å². The molecule has 2 aromatic rings. The summed E-state index contributed by atoms with van der Waals surface area (Å²) in [5.41, 5.74) is 1.76. The third-order valence-electron chi connectivity index (χ3n) is 4.79. The van der Waals surface area contributed by atoms with Crippen molar-refractivity contribution in [3.8, 4) is 16.3 Å². The summed E-state index contributed by atoms with van der Waals surface area (Å²) in [6.07, 6.45) is 6.13. The van der Waals surface area contributed by atoms with Gasteiger partial charge < -0.3 is 15.0 Å². The number of hydrogen-bond acceptors (Lipinski definition) is 5. The van der Waals surface area contributed by atoms with Crippen molar-refractivity contribution in [2.75, 3.05) is 33.3 Å². The highest BCUT2D eigenvalue weighted by Gasteiger charge is 2.16. The standard InChI is InChI=1S/C18H24N2O2S.C5H11N/c1-4-6-7-11-19-17(21)16-13(3)20-18(23-16)14-9-8-10-15(12-14)22-5-2;1-6-4-2-3-5-6/h8-10,12H,4-7,11H2,1-3H3,(H,19,21);2-5H2,1H3. The molecule has 1 aliphatic rings. The van der Waals surface area contributed by atoms with Crippen molar-refractivity contribution in [3.63, 3.8) is 0 Å². The van der Waals surface area contributed by atoms with E-state index in [1.165, 1.54) is 37.3 Å². The third kappa shape index (κ3) is 7.78. The molecular weight excluding hydrogens is 382 g/mol. The Morgan fingerprint density at radius 1 is 1.24 bits per heavy atom. The van der Waals surface area contributed by atoms with E-state index in [1.54, 1.807) is 0 Å². The molecule has 6 heteroatoms. The average molecular weight is 418 g/mol. The smallest absolute Gasteiger partial charge is 0.263 e. The summed E-state index contributed by atoms with van der Waals surface area (Å²) in [5, 5.41) is 3.83. The van der Waals surface area contributed by atoms with Gasteiger partial charge in [-0.15, -0.1) is 11.3 Å². The molecule has 1 fully saturated rings. The number of nitrogens with zero attached hydrogens (tertiary/aromatic N) is 2. The first-order chi connectivity index (χ1) is 14.0. The van der Waals surface area contributed by atoms with Gasteiger partial charge in [0.2, 0.25) is 0 Å². The van der Waals surface area contributed by atoms with E-state index in [0.717, 1.165) is 47.8 Å². The third-order valence-corrected chi connectivity index (χ3v) is 6.00.